The van der Waals surface area contributed by atoms with Gasteiger partial charge in [-0.3, -0.25) is 9.59 Å². The highest BCUT2D eigenvalue weighted by molar-refractivity contribution is 8.01. The van der Waals surface area contributed by atoms with E-state index in [4.69, 9.17) is 0 Å². The molecule has 0 radical (unpaired) electrons. The lowest BCUT2D eigenvalue weighted by molar-refractivity contribution is -0.138. The van der Waals surface area contributed by atoms with E-state index in [2.05, 4.69) is 12.2 Å². The summed E-state index contributed by atoms with van der Waals surface area (Å²) < 4.78 is 0. The maximum absolute atomic E-state index is 12.4. The summed E-state index contributed by atoms with van der Waals surface area (Å²) in [5.74, 6) is 0.968. The number of thioether (sulfide) groups is 1. The van der Waals surface area contributed by atoms with Crippen LogP contribution in [0.1, 0.15) is 51.9 Å². The quantitative estimate of drug-likeness (QED) is 0.841. The molecule has 4 nitrogen and oxygen atoms in total. The van der Waals surface area contributed by atoms with Crippen molar-refractivity contribution in [3.8, 4) is 0 Å². The van der Waals surface area contributed by atoms with E-state index in [0.717, 1.165) is 25.0 Å². The van der Waals surface area contributed by atoms with E-state index >= 15 is 0 Å². The van der Waals surface area contributed by atoms with Crippen LogP contribution in [0.5, 0.6) is 0 Å². The Bertz CT molecular complexity index is 395. The fourth-order valence-electron chi connectivity index (χ4n) is 3.56. The van der Waals surface area contributed by atoms with Gasteiger partial charge in [0.15, 0.2) is 0 Å². The minimum absolute atomic E-state index is 0.0679. The molecule has 3 fully saturated rings. The third-order valence-electron chi connectivity index (χ3n) is 4.70. The topological polar surface area (TPSA) is 49.4 Å². The van der Waals surface area contributed by atoms with Crippen molar-refractivity contribution in [1.29, 1.82) is 0 Å². The van der Waals surface area contributed by atoms with Crippen LogP contribution in [0.15, 0.2) is 0 Å². The van der Waals surface area contributed by atoms with Crippen LogP contribution in [-0.2, 0) is 9.59 Å². The Morgan fingerprint density at radius 2 is 2.11 bits per heavy atom. The van der Waals surface area contributed by atoms with Crippen molar-refractivity contribution in [2.75, 3.05) is 5.75 Å². The summed E-state index contributed by atoms with van der Waals surface area (Å²) in [6.45, 7) is 2.09. The van der Waals surface area contributed by atoms with Crippen LogP contribution in [0, 0.1) is 0 Å². The van der Waals surface area contributed by atoms with Crippen LogP contribution in [0.25, 0.3) is 0 Å². The maximum Gasteiger partial charge on any atom is 0.243 e. The normalized spacial score (nSPS) is 35.5. The van der Waals surface area contributed by atoms with Gasteiger partial charge in [-0.1, -0.05) is 19.3 Å². The van der Waals surface area contributed by atoms with Gasteiger partial charge >= 0.3 is 0 Å². The molecule has 2 atom stereocenters. The molecular formula is C14H22N2O2S. The molecule has 3 aliphatic rings. The smallest absolute Gasteiger partial charge is 0.243 e. The first-order valence-corrected chi connectivity index (χ1v) is 8.35. The summed E-state index contributed by atoms with van der Waals surface area (Å²) >= 11 is 1.76. The molecule has 0 aromatic carbocycles. The first kappa shape index (κ1) is 13.3. The number of carbonyl (C=O) groups is 2. The van der Waals surface area contributed by atoms with E-state index in [9.17, 15) is 9.59 Å². The average Bonchev–Trinajstić information content (AvgIpc) is 2.88. The molecule has 2 amide bonds. The Hall–Kier alpha value is -0.710. The summed E-state index contributed by atoms with van der Waals surface area (Å²) in [7, 11) is 0. The van der Waals surface area contributed by atoms with Crippen LogP contribution in [-0.4, -0.2) is 39.4 Å². The van der Waals surface area contributed by atoms with E-state index in [0.29, 0.717) is 12.5 Å². The summed E-state index contributed by atoms with van der Waals surface area (Å²) in [5, 5.41) is 3.17. The standard InChI is InChI=1S/C14H22N2O2S/c1-14-8-7-12(17)16(14)11(9-19-14)13(18)15-10-5-3-2-4-6-10/h10-11H,2-9H2,1H3,(H,15,18)/t11-,14-/m1/s1. The van der Waals surface area contributed by atoms with Gasteiger partial charge in [0.25, 0.3) is 0 Å². The first-order valence-electron chi connectivity index (χ1n) is 7.37. The van der Waals surface area contributed by atoms with Gasteiger partial charge < -0.3 is 10.2 Å². The highest BCUT2D eigenvalue weighted by atomic mass is 32.2. The zero-order valence-electron chi connectivity index (χ0n) is 11.5. The van der Waals surface area contributed by atoms with Gasteiger partial charge in [0.1, 0.15) is 6.04 Å². The van der Waals surface area contributed by atoms with Crippen LogP contribution in [0.4, 0.5) is 0 Å². The monoisotopic (exact) mass is 282 g/mol. The van der Waals surface area contributed by atoms with Crippen LogP contribution < -0.4 is 5.32 Å². The number of rotatable bonds is 2. The minimum atomic E-state index is -0.244. The third-order valence-corrected chi connectivity index (χ3v) is 6.20. The Morgan fingerprint density at radius 3 is 2.84 bits per heavy atom. The van der Waals surface area contributed by atoms with Crippen LogP contribution >= 0.6 is 11.8 Å². The first-order chi connectivity index (χ1) is 9.10. The molecule has 0 bridgehead atoms. The van der Waals surface area contributed by atoms with Gasteiger partial charge in [0.05, 0.1) is 4.87 Å². The molecule has 2 saturated heterocycles. The number of nitrogens with zero attached hydrogens (tertiary/aromatic N) is 1. The summed E-state index contributed by atoms with van der Waals surface area (Å²) in [4.78, 5) is 26.1. The summed E-state index contributed by atoms with van der Waals surface area (Å²) in [6.07, 6.45) is 7.37. The van der Waals surface area contributed by atoms with E-state index in [1.54, 1.807) is 11.8 Å². The molecule has 0 aromatic rings. The zero-order valence-corrected chi connectivity index (χ0v) is 12.3. The average molecular weight is 282 g/mol. The van der Waals surface area contributed by atoms with Gasteiger partial charge in [-0.25, -0.2) is 0 Å². The van der Waals surface area contributed by atoms with Gasteiger partial charge in [-0.2, -0.15) is 0 Å². The van der Waals surface area contributed by atoms with Gasteiger partial charge in [0.2, 0.25) is 11.8 Å². The summed E-state index contributed by atoms with van der Waals surface area (Å²) in [6, 6.07) is 0.0859. The van der Waals surface area contributed by atoms with Crippen molar-refractivity contribution in [2.24, 2.45) is 0 Å². The Morgan fingerprint density at radius 1 is 1.37 bits per heavy atom. The molecule has 2 aliphatic heterocycles. The molecule has 2 heterocycles. The third kappa shape index (κ3) is 2.37. The Kier molecular flexibility index (Phi) is 3.50. The van der Waals surface area contributed by atoms with Gasteiger partial charge in [-0.05, 0) is 26.2 Å². The second kappa shape index (κ2) is 5.00. The van der Waals surface area contributed by atoms with Crippen molar-refractivity contribution in [3.05, 3.63) is 0 Å². The van der Waals surface area contributed by atoms with Crippen molar-refractivity contribution in [2.45, 2.75) is 68.8 Å². The lowest BCUT2D eigenvalue weighted by atomic mass is 9.95. The fourth-order valence-corrected chi connectivity index (χ4v) is 4.99. The zero-order chi connectivity index (χ0) is 13.5. The summed E-state index contributed by atoms with van der Waals surface area (Å²) in [5.41, 5.74) is 0. The lowest BCUT2D eigenvalue weighted by Crippen LogP contribution is -2.52. The molecule has 106 valence electrons. The second-order valence-corrected chi connectivity index (χ2v) is 7.61. The molecule has 1 aliphatic carbocycles. The fraction of sp³-hybridized carbons (Fsp3) is 0.857. The molecule has 5 heteroatoms. The van der Waals surface area contributed by atoms with E-state index in [1.807, 2.05) is 4.90 Å². The van der Waals surface area contributed by atoms with Crippen LogP contribution in [0.2, 0.25) is 0 Å². The number of nitrogens with one attached hydrogen (secondary N) is 1. The van der Waals surface area contributed by atoms with Crippen LogP contribution in [0.3, 0.4) is 0 Å². The largest absolute Gasteiger partial charge is 0.352 e. The van der Waals surface area contributed by atoms with Gasteiger partial charge in [0, 0.05) is 18.2 Å². The highest BCUT2D eigenvalue weighted by Gasteiger charge is 2.52. The molecular weight excluding hydrogens is 260 g/mol. The highest BCUT2D eigenvalue weighted by Crippen LogP contribution is 2.47. The van der Waals surface area contributed by atoms with Crippen molar-refractivity contribution in [3.63, 3.8) is 0 Å². The predicted octanol–water partition coefficient (Wildman–Crippen LogP) is 1.89. The maximum atomic E-state index is 12.4. The van der Waals surface area contributed by atoms with E-state index in [-0.39, 0.29) is 22.7 Å². The molecule has 1 N–H and O–H groups in total. The molecule has 19 heavy (non-hydrogen) atoms. The number of amides is 2. The Labute approximate surface area is 118 Å². The molecule has 1 saturated carbocycles. The Balaban J connectivity index is 1.65. The SMILES string of the molecule is C[C@@]12CCC(=O)N1[C@@H](C(=O)NC1CCCCC1)CS2. The number of hydrogen-bond acceptors (Lipinski definition) is 3. The second-order valence-electron chi connectivity index (χ2n) is 6.11. The lowest BCUT2D eigenvalue weighted by Gasteiger charge is -2.31. The predicted molar refractivity (Wildman–Crippen MR) is 75.7 cm³/mol. The molecule has 3 rings (SSSR count). The van der Waals surface area contributed by atoms with E-state index < -0.39 is 0 Å². The van der Waals surface area contributed by atoms with Crippen molar-refractivity contribution < 1.29 is 9.59 Å². The van der Waals surface area contributed by atoms with Crippen molar-refractivity contribution in [1.82, 2.24) is 10.2 Å². The molecule has 0 aromatic heterocycles. The van der Waals surface area contributed by atoms with Gasteiger partial charge in [-0.15, -0.1) is 11.8 Å². The molecule has 0 unspecified atom stereocenters. The number of carbonyl (C=O) groups excluding carboxylic acids is 2. The minimum Gasteiger partial charge on any atom is -0.352 e. The van der Waals surface area contributed by atoms with Crippen molar-refractivity contribution >= 4 is 23.6 Å². The molecule has 0 spiro atoms. The number of hydrogen-bond donors (Lipinski definition) is 1. The number of fused-ring (bicyclic) bond motifs is 1. The van der Waals surface area contributed by atoms with E-state index in [1.165, 1.54) is 19.3 Å².